The lowest BCUT2D eigenvalue weighted by molar-refractivity contribution is -0.129. The van der Waals surface area contributed by atoms with Crippen LogP contribution < -0.4 is 0 Å². The van der Waals surface area contributed by atoms with Crippen molar-refractivity contribution >= 4 is 16.8 Å². The van der Waals surface area contributed by atoms with Crippen molar-refractivity contribution < 1.29 is 4.79 Å². The maximum Gasteiger partial charge on any atom is 0.227 e. The number of aromatic amines is 1. The van der Waals surface area contributed by atoms with Crippen LogP contribution in [0.15, 0.2) is 55.0 Å². The van der Waals surface area contributed by atoms with E-state index in [-0.39, 0.29) is 5.91 Å². The molecule has 0 aliphatic carbocycles. The smallest absolute Gasteiger partial charge is 0.227 e. The van der Waals surface area contributed by atoms with E-state index in [4.69, 9.17) is 0 Å². The van der Waals surface area contributed by atoms with E-state index in [1.807, 2.05) is 49.6 Å². The quantitative estimate of drug-likeness (QED) is 0.798. The Labute approximate surface area is 123 Å². The molecular weight excluding hydrogens is 262 g/mol. The van der Waals surface area contributed by atoms with Crippen molar-refractivity contribution in [3.8, 4) is 0 Å². The molecule has 2 aromatic heterocycles. The van der Waals surface area contributed by atoms with Crippen LogP contribution >= 0.6 is 0 Å². The zero-order chi connectivity index (χ0) is 14.7. The highest BCUT2D eigenvalue weighted by atomic mass is 16.2. The van der Waals surface area contributed by atoms with Crippen molar-refractivity contribution in [2.24, 2.45) is 0 Å². The van der Waals surface area contributed by atoms with E-state index < -0.39 is 0 Å². The molecule has 0 radical (unpaired) electrons. The predicted molar refractivity (Wildman–Crippen MR) is 82.7 cm³/mol. The van der Waals surface area contributed by atoms with Gasteiger partial charge in [0.15, 0.2) is 0 Å². The minimum atomic E-state index is 0.101. The van der Waals surface area contributed by atoms with Gasteiger partial charge in [-0.2, -0.15) is 0 Å². The zero-order valence-electron chi connectivity index (χ0n) is 11.9. The number of hydrogen-bond donors (Lipinski definition) is 1. The van der Waals surface area contributed by atoms with Gasteiger partial charge >= 0.3 is 0 Å². The molecule has 3 rings (SSSR count). The minimum absolute atomic E-state index is 0.101. The largest absolute Gasteiger partial charge is 0.361 e. The Morgan fingerprint density at radius 1 is 1.24 bits per heavy atom. The van der Waals surface area contributed by atoms with Crippen LogP contribution in [0.2, 0.25) is 0 Å². The lowest BCUT2D eigenvalue weighted by Gasteiger charge is -2.16. The molecule has 0 unspecified atom stereocenters. The number of pyridine rings is 1. The maximum atomic E-state index is 12.4. The Kier molecular flexibility index (Phi) is 3.69. The summed E-state index contributed by atoms with van der Waals surface area (Å²) in [5, 5.41) is 1.11. The molecule has 0 atom stereocenters. The van der Waals surface area contributed by atoms with Crippen molar-refractivity contribution in [1.29, 1.82) is 0 Å². The number of carbonyl (C=O) groups is 1. The van der Waals surface area contributed by atoms with Gasteiger partial charge in [0.2, 0.25) is 5.91 Å². The molecule has 0 spiro atoms. The number of likely N-dealkylation sites (N-methyl/N-ethyl adjacent to an activating group) is 1. The number of carbonyl (C=O) groups excluding carboxylic acids is 1. The van der Waals surface area contributed by atoms with Crippen molar-refractivity contribution in [1.82, 2.24) is 14.9 Å². The van der Waals surface area contributed by atoms with Crippen LogP contribution in [-0.2, 0) is 17.8 Å². The number of hydrogen-bond acceptors (Lipinski definition) is 2. The molecule has 1 N–H and O–H groups in total. The third-order valence-corrected chi connectivity index (χ3v) is 3.58. The Bertz CT molecular complexity index is 749. The molecule has 0 bridgehead atoms. The molecule has 106 valence electrons. The standard InChI is InChI=1S/C17H17N3O/c1-20(12-13-5-4-8-18-10-13)17(21)9-14-11-19-16-7-3-2-6-15(14)16/h2-8,10-11,19H,9,12H2,1H3. The molecule has 0 saturated heterocycles. The van der Waals surface area contributed by atoms with E-state index >= 15 is 0 Å². The molecule has 3 aromatic rings. The van der Waals surface area contributed by atoms with Crippen LogP contribution in [0, 0.1) is 0 Å². The topological polar surface area (TPSA) is 49.0 Å². The summed E-state index contributed by atoms with van der Waals surface area (Å²) in [6.45, 7) is 0.578. The molecule has 1 amide bonds. The van der Waals surface area contributed by atoms with E-state index in [1.54, 1.807) is 17.3 Å². The Morgan fingerprint density at radius 3 is 2.90 bits per heavy atom. The molecule has 2 heterocycles. The summed E-state index contributed by atoms with van der Waals surface area (Å²) in [4.78, 5) is 21.4. The summed E-state index contributed by atoms with van der Waals surface area (Å²) in [6.07, 6.45) is 5.84. The first-order valence-electron chi connectivity index (χ1n) is 6.92. The molecule has 1 aromatic carbocycles. The first-order chi connectivity index (χ1) is 10.2. The SMILES string of the molecule is CN(Cc1cccnc1)C(=O)Cc1c[nH]c2ccccc12. The highest BCUT2D eigenvalue weighted by Gasteiger charge is 2.13. The molecule has 4 heteroatoms. The molecule has 0 saturated carbocycles. The van der Waals surface area contributed by atoms with Gasteiger partial charge in [0, 0.05) is 43.1 Å². The van der Waals surface area contributed by atoms with Gasteiger partial charge in [-0.1, -0.05) is 24.3 Å². The highest BCUT2D eigenvalue weighted by Crippen LogP contribution is 2.18. The molecule has 21 heavy (non-hydrogen) atoms. The Balaban J connectivity index is 1.71. The van der Waals surface area contributed by atoms with Gasteiger partial charge in [-0.15, -0.1) is 0 Å². The number of fused-ring (bicyclic) bond motifs is 1. The number of benzene rings is 1. The molecule has 0 aliphatic rings. The van der Waals surface area contributed by atoms with Crippen molar-refractivity contribution in [2.45, 2.75) is 13.0 Å². The van der Waals surface area contributed by atoms with Crippen LogP contribution in [0.25, 0.3) is 10.9 Å². The van der Waals surface area contributed by atoms with Gasteiger partial charge in [0.25, 0.3) is 0 Å². The zero-order valence-corrected chi connectivity index (χ0v) is 11.9. The summed E-state index contributed by atoms with van der Waals surface area (Å²) >= 11 is 0. The van der Waals surface area contributed by atoms with Gasteiger partial charge in [-0.3, -0.25) is 9.78 Å². The van der Waals surface area contributed by atoms with E-state index in [2.05, 4.69) is 9.97 Å². The molecule has 0 aliphatic heterocycles. The fraction of sp³-hybridized carbons (Fsp3) is 0.176. The van der Waals surface area contributed by atoms with Crippen molar-refractivity contribution in [3.05, 3.63) is 66.1 Å². The molecular formula is C17H17N3O. The maximum absolute atomic E-state index is 12.4. The summed E-state index contributed by atoms with van der Waals surface area (Å²) in [7, 11) is 1.82. The monoisotopic (exact) mass is 279 g/mol. The Morgan fingerprint density at radius 2 is 2.10 bits per heavy atom. The average molecular weight is 279 g/mol. The van der Waals surface area contributed by atoms with Crippen molar-refractivity contribution in [3.63, 3.8) is 0 Å². The summed E-state index contributed by atoms with van der Waals surface area (Å²) in [6, 6.07) is 11.9. The first kappa shape index (κ1) is 13.4. The highest BCUT2D eigenvalue weighted by molar-refractivity contribution is 5.88. The van der Waals surface area contributed by atoms with E-state index in [0.29, 0.717) is 13.0 Å². The van der Waals surface area contributed by atoms with Crippen LogP contribution in [0.1, 0.15) is 11.1 Å². The van der Waals surface area contributed by atoms with Gasteiger partial charge in [0.05, 0.1) is 6.42 Å². The Hall–Kier alpha value is -2.62. The molecule has 0 fully saturated rings. The second-order valence-electron chi connectivity index (χ2n) is 5.15. The predicted octanol–water partition coefficient (Wildman–Crippen LogP) is 2.76. The van der Waals surface area contributed by atoms with Crippen LogP contribution in [-0.4, -0.2) is 27.8 Å². The van der Waals surface area contributed by atoms with Crippen LogP contribution in [0.5, 0.6) is 0 Å². The number of para-hydroxylation sites is 1. The lowest BCUT2D eigenvalue weighted by atomic mass is 10.1. The minimum Gasteiger partial charge on any atom is -0.361 e. The van der Waals surface area contributed by atoms with Crippen molar-refractivity contribution in [2.75, 3.05) is 7.05 Å². The number of rotatable bonds is 4. The normalized spacial score (nSPS) is 10.7. The van der Waals surface area contributed by atoms with Crippen LogP contribution in [0.3, 0.4) is 0 Å². The summed E-state index contributed by atoms with van der Waals surface area (Å²) in [5.41, 5.74) is 3.14. The fourth-order valence-electron chi connectivity index (χ4n) is 2.43. The van der Waals surface area contributed by atoms with E-state index in [9.17, 15) is 4.79 Å². The third kappa shape index (κ3) is 2.94. The number of nitrogens with one attached hydrogen (secondary N) is 1. The van der Waals surface area contributed by atoms with Crippen LogP contribution in [0.4, 0.5) is 0 Å². The van der Waals surface area contributed by atoms with E-state index in [0.717, 1.165) is 22.0 Å². The average Bonchev–Trinajstić information content (AvgIpc) is 2.91. The summed E-state index contributed by atoms with van der Waals surface area (Å²) < 4.78 is 0. The lowest BCUT2D eigenvalue weighted by Crippen LogP contribution is -2.27. The number of nitrogens with zero attached hydrogens (tertiary/aromatic N) is 2. The summed E-state index contributed by atoms with van der Waals surface area (Å²) in [5.74, 6) is 0.101. The number of amides is 1. The second-order valence-corrected chi connectivity index (χ2v) is 5.15. The first-order valence-corrected chi connectivity index (χ1v) is 6.92. The number of H-pyrrole nitrogens is 1. The van der Waals surface area contributed by atoms with Gasteiger partial charge in [-0.05, 0) is 23.3 Å². The third-order valence-electron chi connectivity index (χ3n) is 3.58. The van der Waals surface area contributed by atoms with Gasteiger partial charge in [-0.25, -0.2) is 0 Å². The van der Waals surface area contributed by atoms with Gasteiger partial charge < -0.3 is 9.88 Å². The van der Waals surface area contributed by atoms with E-state index in [1.165, 1.54) is 0 Å². The number of aromatic nitrogens is 2. The fourth-order valence-corrected chi connectivity index (χ4v) is 2.43. The second kappa shape index (κ2) is 5.79. The molecule has 4 nitrogen and oxygen atoms in total. The van der Waals surface area contributed by atoms with Gasteiger partial charge in [0.1, 0.15) is 0 Å².